The molecule has 0 bridgehead atoms. The second-order valence-electron chi connectivity index (χ2n) is 6.80. The first-order valence-electron chi connectivity index (χ1n) is 10.2. The Morgan fingerprint density at radius 2 is 1.47 bits per heavy atom. The molecule has 1 aromatic heterocycles. The zero-order chi connectivity index (χ0) is 25.9. The summed E-state index contributed by atoms with van der Waals surface area (Å²) in [6.07, 6.45) is 4.38. The summed E-state index contributed by atoms with van der Waals surface area (Å²) in [6.45, 7) is -0.980. The number of aliphatic carboxylic acids is 2. The minimum atomic E-state index is -1.10. The molecule has 0 amide bonds. The summed E-state index contributed by atoms with van der Waals surface area (Å²) in [5, 5.41) is 33.6. The highest BCUT2D eigenvalue weighted by molar-refractivity contribution is 5.82. The molecule has 0 unspecified atom stereocenters. The highest BCUT2D eigenvalue weighted by atomic mass is 16.5. The lowest BCUT2D eigenvalue weighted by molar-refractivity contribution is -0.140. The predicted octanol–water partition coefficient (Wildman–Crippen LogP) is 1.55. The minimum Gasteiger partial charge on any atom is -0.493 e. The largest absolute Gasteiger partial charge is 0.493 e. The highest BCUT2D eigenvalue weighted by Crippen LogP contribution is 2.28. The van der Waals surface area contributed by atoms with Crippen molar-refractivity contribution in [3.63, 3.8) is 0 Å². The Balaban J connectivity index is 1.66. The number of nitrogens with zero attached hydrogens (tertiary/aromatic N) is 5. The number of carboxylic acids is 2. The Labute approximate surface area is 204 Å². The van der Waals surface area contributed by atoms with Crippen LogP contribution in [0.25, 0.3) is 0 Å². The Kier molecular flexibility index (Phi) is 8.75. The third-order valence-corrected chi connectivity index (χ3v) is 4.32. The van der Waals surface area contributed by atoms with Gasteiger partial charge >= 0.3 is 11.9 Å². The fourth-order valence-corrected chi connectivity index (χ4v) is 2.73. The van der Waals surface area contributed by atoms with Crippen molar-refractivity contribution in [3.8, 4) is 23.0 Å². The fraction of sp³-hybridized carbons (Fsp3) is 0.182. The topological polar surface area (TPSA) is 179 Å². The van der Waals surface area contributed by atoms with Gasteiger partial charge < -0.3 is 29.2 Å². The smallest absolute Gasteiger partial charge is 0.341 e. The van der Waals surface area contributed by atoms with Crippen LogP contribution < -0.4 is 24.4 Å². The summed E-state index contributed by atoms with van der Waals surface area (Å²) in [6, 6.07) is 9.75. The van der Waals surface area contributed by atoms with E-state index in [0.717, 1.165) is 0 Å². The van der Waals surface area contributed by atoms with Crippen molar-refractivity contribution in [1.29, 1.82) is 0 Å². The Morgan fingerprint density at radius 3 is 2.00 bits per heavy atom. The summed E-state index contributed by atoms with van der Waals surface area (Å²) in [5.74, 6) is -0.694. The lowest BCUT2D eigenvalue weighted by atomic mass is 10.2. The average molecular weight is 498 g/mol. The molecule has 0 atom stereocenters. The molecule has 0 aliphatic heterocycles. The predicted molar refractivity (Wildman–Crippen MR) is 126 cm³/mol. The van der Waals surface area contributed by atoms with E-state index in [1.807, 2.05) is 0 Å². The van der Waals surface area contributed by atoms with Crippen LogP contribution in [0.1, 0.15) is 11.1 Å². The van der Waals surface area contributed by atoms with Crippen molar-refractivity contribution in [2.45, 2.75) is 0 Å². The molecule has 14 nitrogen and oxygen atoms in total. The first-order valence-corrected chi connectivity index (χ1v) is 10.2. The van der Waals surface area contributed by atoms with Gasteiger partial charge in [-0.05, 0) is 47.5 Å². The Morgan fingerprint density at radius 1 is 0.917 bits per heavy atom. The maximum atomic E-state index is 10.7. The van der Waals surface area contributed by atoms with Gasteiger partial charge in [0.1, 0.15) is 6.33 Å². The molecule has 14 heteroatoms. The van der Waals surface area contributed by atoms with E-state index in [9.17, 15) is 9.59 Å². The van der Waals surface area contributed by atoms with Crippen molar-refractivity contribution < 1.29 is 38.7 Å². The van der Waals surface area contributed by atoms with E-state index in [1.165, 1.54) is 37.7 Å². The number of hydrazone groups is 1. The summed E-state index contributed by atoms with van der Waals surface area (Å²) in [7, 11) is 2.88. The zero-order valence-corrected chi connectivity index (χ0v) is 19.2. The van der Waals surface area contributed by atoms with Gasteiger partial charge in [-0.15, -0.1) is 10.2 Å². The summed E-state index contributed by atoms with van der Waals surface area (Å²) in [5.41, 5.74) is 4.02. The van der Waals surface area contributed by atoms with Crippen molar-refractivity contribution in [2.24, 2.45) is 10.2 Å². The van der Waals surface area contributed by atoms with Gasteiger partial charge in [0.25, 0.3) is 5.95 Å². The third-order valence-electron chi connectivity index (χ3n) is 4.32. The lowest BCUT2D eigenvalue weighted by Crippen LogP contribution is -2.10. The molecule has 3 N–H and O–H groups in total. The van der Waals surface area contributed by atoms with E-state index >= 15 is 0 Å². The average Bonchev–Trinajstić information content (AvgIpc) is 3.32. The van der Waals surface area contributed by atoms with E-state index in [1.54, 1.807) is 36.4 Å². The van der Waals surface area contributed by atoms with Crippen molar-refractivity contribution >= 4 is 30.3 Å². The quantitative estimate of drug-likeness (QED) is 0.230. The van der Waals surface area contributed by atoms with Gasteiger partial charge in [-0.2, -0.15) is 14.9 Å². The monoisotopic (exact) mass is 498 g/mol. The van der Waals surface area contributed by atoms with Crippen LogP contribution in [-0.2, 0) is 9.59 Å². The normalized spacial score (nSPS) is 10.9. The molecular formula is C22H22N6O8. The van der Waals surface area contributed by atoms with Crippen LogP contribution in [0.2, 0.25) is 0 Å². The molecule has 3 rings (SSSR count). The lowest BCUT2D eigenvalue weighted by Gasteiger charge is -2.09. The molecule has 2 aromatic carbocycles. The molecule has 36 heavy (non-hydrogen) atoms. The molecule has 1 heterocycles. The molecule has 0 saturated heterocycles. The number of nitrogens with one attached hydrogen (secondary N) is 1. The number of carboxylic acid groups (broad SMARTS) is 2. The summed E-state index contributed by atoms with van der Waals surface area (Å²) >= 11 is 0. The molecule has 188 valence electrons. The van der Waals surface area contributed by atoms with Gasteiger partial charge in [-0.1, -0.05) is 0 Å². The number of carbonyl (C=O) groups is 2. The van der Waals surface area contributed by atoms with Gasteiger partial charge in [-0.3, -0.25) is 0 Å². The van der Waals surface area contributed by atoms with Crippen LogP contribution in [0.5, 0.6) is 23.0 Å². The van der Waals surface area contributed by atoms with Gasteiger partial charge in [0.2, 0.25) is 0 Å². The Hall–Kier alpha value is -5.14. The molecule has 0 saturated carbocycles. The van der Waals surface area contributed by atoms with Crippen molar-refractivity contribution in [3.05, 3.63) is 53.9 Å². The number of aromatic nitrogens is 3. The maximum absolute atomic E-state index is 10.7. The first-order chi connectivity index (χ1) is 17.4. The Bertz CT molecular complexity index is 1270. The van der Waals surface area contributed by atoms with Gasteiger partial charge in [0, 0.05) is 0 Å². The number of methoxy groups -OCH3 is 2. The molecule has 0 radical (unpaired) electrons. The highest BCUT2D eigenvalue weighted by Gasteiger charge is 2.09. The van der Waals surface area contributed by atoms with Crippen LogP contribution in [0, 0.1) is 0 Å². The van der Waals surface area contributed by atoms with Crippen LogP contribution in [0.4, 0.5) is 5.95 Å². The summed E-state index contributed by atoms with van der Waals surface area (Å²) in [4.78, 5) is 21.4. The van der Waals surface area contributed by atoms with Crippen LogP contribution in [0.3, 0.4) is 0 Å². The summed E-state index contributed by atoms with van der Waals surface area (Å²) < 4.78 is 22.2. The molecule has 3 aromatic rings. The second kappa shape index (κ2) is 12.4. The molecule has 0 spiro atoms. The van der Waals surface area contributed by atoms with Gasteiger partial charge in [-0.25, -0.2) is 15.0 Å². The number of benzene rings is 2. The molecule has 0 fully saturated rings. The number of rotatable bonds is 13. The van der Waals surface area contributed by atoms with E-state index in [2.05, 4.69) is 25.8 Å². The standard InChI is InChI=1S/C22H22N6O8/c1-33-18-7-14(3-5-16(18)35-11-20(29)30)9-23-26-22-27-24-13-28(22)25-10-15-4-6-17(19(8-15)34-2)36-12-21(31)32/h3-10,13H,11-12H2,1-2H3,(H,26,27)(H,29,30)(H,31,32)/b23-9-,25-10+. The third kappa shape index (κ3) is 7.18. The van der Waals surface area contributed by atoms with Crippen molar-refractivity contribution in [1.82, 2.24) is 14.9 Å². The van der Waals surface area contributed by atoms with Gasteiger partial charge in [0.15, 0.2) is 36.2 Å². The number of hydrogen-bond acceptors (Lipinski definition) is 11. The number of hydrogen-bond donors (Lipinski definition) is 3. The van der Waals surface area contributed by atoms with Crippen molar-refractivity contribution in [2.75, 3.05) is 32.9 Å². The van der Waals surface area contributed by atoms with E-state index in [4.69, 9.17) is 29.2 Å². The first kappa shape index (κ1) is 25.5. The van der Waals surface area contributed by atoms with E-state index in [0.29, 0.717) is 22.6 Å². The maximum Gasteiger partial charge on any atom is 0.341 e. The SMILES string of the molecule is COc1cc(/C=N\Nc2nncn2/N=C/c2ccc(OCC(=O)O)c(OC)c2)ccc1OCC(=O)O. The van der Waals surface area contributed by atoms with Crippen LogP contribution >= 0.6 is 0 Å². The molecule has 0 aliphatic rings. The van der Waals surface area contributed by atoms with Crippen LogP contribution in [-0.4, -0.2) is 76.9 Å². The molecular weight excluding hydrogens is 476 g/mol. The van der Waals surface area contributed by atoms with Crippen LogP contribution in [0.15, 0.2) is 52.9 Å². The van der Waals surface area contributed by atoms with Gasteiger partial charge in [0.05, 0.1) is 26.6 Å². The minimum absolute atomic E-state index is 0.226. The number of anilines is 1. The zero-order valence-electron chi connectivity index (χ0n) is 19.2. The molecule has 0 aliphatic carbocycles. The second-order valence-corrected chi connectivity index (χ2v) is 6.80. The van der Waals surface area contributed by atoms with E-state index < -0.39 is 25.2 Å². The number of ether oxygens (including phenoxy) is 4. The fourth-order valence-electron chi connectivity index (χ4n) is 2.73. The van der Waals surface area contributed by atoms with E-state index in [-0.39, 0.29) is 17.4 Å².